The van der Waals surface area contributed by atoms with Gasteiger partial charge in [-0.1, -0.05) is 12.1 Å². The van der Waals surface area contributed by atoms with E-state index < -0.39 is 0 Å². The third-order valence-corrected chi connectivity index (χ3v) is 3.96. The zero-order valence-corrected chi connectivity index (χ0v) is 12.3. The predicted octanol–water partition coefficient (Wildman–Crippen LogP) is 1.96. The first kappa shape index (κ1) is 15.1. The molecular weight excluding hydrogens is 255 g/mol. The van der Waals surface area contributed by atoms with Crippen LogP contribution in [0.1, 0.15) is 18.4 Å². The van der Waals surface area contributed by atoms with Crippen molar-refractivity contribution in [2.24, 2.45) is 0 Å². The number of hydrogen-bond donors (Lipinski definition) is 0. The summed E-state index contributed by atoms with van der Waals surface area (Å²) < 4.78 is 12.8. The van der Waals surface area contributed by atoms with Gasteiger partial charge in [0.15, 0.2) is 5.78 Å². The van der Waals surface area contributed by atoms with E-state index in [0.29, 0.717) is 19.0 Å². The van der Waals surface area contributed by atoms with Gasteiger partial charge in [-0.25, -0.2) is 4.39 Å². The van der Waals surface area contributed by atoms with Crippen molar-refractivity contribution in [3.05, 3.63) is 35.6 Å². The van der Waals surface area contributed by atoms with Crippen LogP contribution < -0.4 is 0 Å². The van der Waals surface area contributed by atoms with E-state index in [1.54, 1.807) is 12.1 Å². The number of carbonyl (C=O) groups excluding carboxylic acids is 1. The fourth-order valence-electron chi connectivity index (χ4n) is 2.79. The minimum Gasteiger partial charge on any atom is -0.305 e. The van der Waals surface area contributed by atoms with Crippen LogP contribution in [0.4, 0.5) is 4.39 Å². The number of hydrogen-bond acceptors (Lipinski definition) is 3. The highest BCUT2D eigenvalue weighted by Crippen LogP contribution is 2.13. The van der Waals surface area contributed by atoms with Gasteiger partial charge in [0, 0.05) is 19.0 Å². The van der Waals surface area contributed by atoms with Gasteiger partial charge in [-0.3, -0.25) is 9.69 Å². The molecule has 20 heavy (non-hydrogen) atoms. The zero-order chi connectivity index (χ0) is 14.5. The number of benzene rings is 1. The minimum atomic E-state index is -0.261. The van der Waals surface area contributed by atoms with Gasteiger partial charge in [-0.2, -0.15) is 0 Å². The monoisotopic (exact) mass is 278 g/mol. The van der Waals surface area contributed by atoms with E-state index in [2.05, 4.69) is 16.8 Å². The van der Waals surface area contributed by atoms with E-state index in [-0.39, 0.29) is 11.6 Å². The summed E-state index contributed by atoms with van der Waals surface area (Å²) in [5.41, 5.74) is 0.880. The Balaban J connectivity index is 1.82. The maximum atomic E-state index is 12.8. The molecule has 2 rings (SSSR count). The molecule has 1 aliphatic rings. The van der Waals surface area contributed by atoms with Gasteiger partial charge in [-0.15, -0.1) is 0 Å². The van der Waals surface area contributed by atoms with Gasteiger partial charge >= 0.3 is 0 Å². The summed E-state index contributed by atoms with van der Waals surface area (Å²) >= 11 is 0. The molecule has 1 aromatic carbocycles. The van der Waals surface area contributed by atoms with E-state index >= 15 is 0 Å². The fourth-order valence-corrected chi connectivity index (χ4v) is 2.79. The van der Waals surface area contributed by atoms with E-state index in [0.717, 1.165) is 25.1 Å². The Morgan fingerprint density at radius 1 is 1.40 bits per heavy atom. The molecule has 1 atom stereocenters. The van der Waals surface area contributed by atoms with Crippen molar-refractivity contribution in [2.45, 2.75) is 25.3 Å². The molecule has 0 N–H and O–H groups in total. The number of likely N-dealkylation sites (N-methyl/N-ethyl adjacent to an activating group) is 2. The Labute approximate surface area is 120 Å². The lowest BCUT2D eigenvalue weighted by Crippen LogP contribution is -2.46. The molecule has 1 saturated heterocycles. The van der Waals surface area contributed by atoms with Gasteiger partial charge in [0.2, 0.25) is 0 Å². The molecule has 0 aliphatic carbocycles. The van der Waals surface area contributed by atoms with Crippen LogP contribution in [0.2, 0.25) is 0 Å². The molecule has 1 unspecified atom stereocenters. The lowest BCUT2D eigenvalue weighted by Gasteiger charge is -2.35. The maximum Gasteiger partial charge on any atom is 0.151 e. The van der Waals surface area contributed by atoms with Gasteiger partial charge in [0.25, 0.3) is 0 Å². The maximum absolute atomic E-state index is 12.8. The van der Waals surface area contributed by atoms with Crippen LogP contribution >= 0.6 is 0 Å². The molecule has 0 spiro atoms. The van der Waals surface area contributed by atoms with Crippen LogP contribution in [0.5, 0.6) is 0 Å². The molecule has 3 nitrogen and oxygen atoms in total. The molecule has 0 radical (unpaired) electrons. The SMILES string of the molecule is CN1CCCC(N(C)CC(=O)Cc2ccc(F)cc2)C1. The molecule has 1 aliphatic heterocycles. The van der Waals surface area contributed by atoms with Gasteiger partial charge < -0.3 is 4.90 Å². The number of carbonyl (C=O) groups is 1. The summed E-state index contributed by atoms with van der Waals surface area (Å²) in [6.45, 7) is 2.64. The molecule has 4 heteroatoms. The highest BCUT2D eigenvalue weighted by atomic mass is 19.1. The summed E-state index contributed by atoms with van der Waals surface area (Å²) in [5, 5.41) is 0. The smallest absolute Gasteiger partial charge is 0.151 e. The quantitative estimate of drug-likeness (QED) is 0.822. The number of nitrogens with zero attached hydrogens (tertiary/aromatic N) is 2. The summed E-state index contributed by atoms with van der Waals surface area (Å²) in [5.74, 6) is -0.0732. The second-order valence-corrected chi connectivity index (χ2v) is 5.82. The van der Waals surface area contributed by atoms with Crippen molar-refractivity contribution in [3.8, 4) is 0 Å². The zero-order valence-electron chi connectivity index (χ0n) is 12.3. The van der Waals surface area contributed by atoms with Crippen molar-refractivity contribution in [2.75, 3.05) is 33.7 Å². The number of Topliss-reactive ketones (excluding diaryl/α,β-unsaturated/α-hetero) is 1. The second-order valence-electron chi connectivity index (χ2n) is 5.82. The summed E-state index contributed by atoms with van der Waals surface area (Å²) in [7, 11) is 4.15. The fraction of sp³-hybridized carbons (Fsp3) is 0.562. The molecule has 110 valence electrons. The van der Waals surface area contributed by atoms with Crippen molar-refractivity contribution < 1.29 is 9.18 Å². The highest BCUT2D eigenvalue weighted by Gasteiger charge is 2.22. The van der Waals surface area contributed by atoms with Crippen LogP contribution in [0.15, 0.2) is 24.3 Å². The van der Waals surface area contributed by atoms with Crippen LogP contribution in [0.25, 0.3) is 0 Å². The molecule has 0 bridgehead atoms. The van der Waals surface area contributed by atoms with Gasteiger partial charge in [0.1, 0.15) is 5.82 Å². The number of rotatable bonds is 5. The number of halogens is 1. The Hall–Kier alpha value is -1.26. The Morgan fingerprint density at radius 3 is 2.75 bits per heavy atom. The van der Waals surface area contributed by atoms with Crippen molar-refractivity contribution in [1.29, 1.82) is 0 Å². The predicted molar refractivity (Wildman–Crippen MR) is 78.3 cm³/mol. The van der Waals surface area contributed by atoms with Crippen LogP contribution in [0.3, 0.4) is 0 Å². The Morgan fingerprint density at radius 2 is 2.10 bits per heavy atom. The van der Waals surface area contributed by atoms with Crippen LogP contribution in [-0.2, 0) is 11.2 Å². The first-order valence-corrected chi connectivity index (χ1v) is 7.19. The number of ketones is 1. The topological polar surface area (TPSA) is 23.6 Å². The van der Waals surface area contributed by atoms with E-state index in [9.17, 15) is 9.18 Å². The standard InChI is InChI=1S/C16H23FN2O/c1-18-9-3-4-15(11-18)19(2)12-16(20)10-13-5-7-14(17)8-6-13/h5-8,15H,3-4,9-12H2,1-2H3. The Bertz CT molecular complexity index is 446. The average molecular weight is 278 g/mol. The van der Waals surface area contributed by atoms with E-state index in [1.807, 2.05) is 7.05 Å². The Kier molecular flexibility index (Phi) is 5.26. The van der Waals surface area contributed by atoms with Crippen molar-refractivity contribution >= 4 is 5.78 Å². The summed E-state index contributed by atoms with van der Waals surface area (Å²) in [6.07, 6.45) is 2.73. The molecule has 0 amide bonds. The molecule has 1 fully saturated rings. The molecule has 0 aromatic heterocycles. The first-order chi connectivity index (χ1) is 9.54. The van der Waals surface area contributed by atoms with Gasteiger partial charge in [0.05, 0.1) is 6.54 Å². The van der Waals surface area contributed by atoms with Crippen LogP contribution in [0, 0.1) is 5.82 Å². The normalized spacial score (nSPS) is 20.3. The molecular formula is C16H23FN2O. The third kappa shape index (κ3) is 4.39. The lowest BCUT2D eigenvalue weighted by atomic mass is 10.0. The number of likely N-dealkylation sites (tertiary alicyclic amines) is 1. The molecule has 1 heterocycles. The molecule has 1 aromatic rings. The van der Waals surface area contributed by atoms with Crippen molar-refractivity contribution in [3.63, 3.8) is 0 Å². The third-order valence-electron chi connectivity index (χ3n) is 3.96. The number of piperidine rings is 1. The van der Waals surface area contributed by atoms with E-state index in [4.69, 9.17) is 0 Å². The van der Waals surface area contributed by atoms with Crippen molar-refractivity contribution in [1.82, 2.24) is 9.80 Å². The average Bonchev–Trinajstić information content (AvgIpc) is 2.41. The lowest BCUT2D eigenvalue weighted by molar-refractivity contribution is -0.120. The molecule has 0 saturated carbocycles. The highest BCUT2D eigenvalue weighted by molar-refractivity contribution is 5.82. The summed E-state index contributed by atoms with van der Waals surface area (Å²) in [4.78, 5) is 16.6. The first-order valence-electron chi connectivity index (χ1n) is 7.19. The van der Waals surface area contributed by atoms with E-state index in [1.165, 1.54) is 18.6 Å². The minimum absolute atomic E-state index is 0.187. The largest absolute Gasteiger partial charge is 0.305 e. The summed E-state index contributed by atoms with van der Waals surface area (Å²) in [6, 6.07) is 6.64. The van der Waals surface area contributed by atoms with Crippen LogP contribution in [-0.4, -0.2) is 55.4 Å². The van der Waals surface area contributed by atoms with Gasteiger partial charge in [-0.05, 0) is 51.2 Å². The second kappa shape index (κ2) is 6.95.